The second-order valence-electron chi connectivity index (χ2n) is 4.82. The van der Waals surface area contributed by atoms with Crippen LogP contribution < -0.4 is 10.2 Å². The largest absolute Gasteiger partial charge is 0.504 e. The first kappa shape index (κ1) is 18.3. The zero-order valence-corrected chi connectivity index (χ0v) is 13.1. The summed E-state index contributed by atoms with van der Waals surface area (Å²) in [7, 11) is 0. The van der Waals surface area contributed by atoms with Crippen LogP contribution in [0, 0.1) is 0 Å². The monoisotopic (exact) mass is 356 g/mol. The molecule has 0 aliphatic heterocycles. The van der Waals surface area contributed by atoms with E-state index in [-0.39, 0.29) is 11.5 Å². The summed E-state index contributed by atoms with van der Waals surface area (Å²) in [6.07, 6.45) is -2.33. The van der Waals surface area contributed by atoms with Gasteiger partial charge >= 0.3 is 6.18 Å². The molecule has 134 valence electrons. The maximum Gasteiger partial charge on any atom is 0.435 e. The number of halogens is 3. The Morgan fingerprint density at radius 1 is 1.44 bits per heavy atom. The number of aromatic nitrogens is 2. The molecule has 2 rings (SSSR count). The summed E-state index contributed by atoms with van der Waals surface area (Å²) in [6, 6.07) is 5.53. The minimum atomic E-state index is -4.57. The molecule has 0 radical (unpaired) electrons. The Bertz CT molecular complexity index is 772. The van der Waals surface area contributed by atoms with Crippen LogP contribution >= 0.6 is 0 Å². The number of benzene rings is 1. The highest BCUT2D eigenvalue weighted by Gasteiger charge is 2.33. The van der Waals surface area contributed by atoms with E-state index >= 15 is 0 Å². The number of amides is 1. The highest BCUT2D eigenvalue weighted by atomic mass is 19.4. The topological polar surface area (TPSA) is 88.7 Å². The van der Waals surface area contributed by atoms with Gasteiger partial charge in [0.2, 0.25) is 0 Å². The first-order valence-corrected chi connectivity index (χ1v) is 7.18. The quantitative estimate of drug-likeness (QED) is 0.613. The molecule has 0 saturated carbocycles. The third-order valence-electron chi connectivity index (χ3n) is 2.96. The van der Waals surface area contributed by atoms with Crippen molar-refractivity contribution in [3.8, 4) is 11.5 Å². The van der Waals surface area contributed by atoms with Crippen molar-refractivity contribution in [1.29, 1.82) is 0 Å². The molecule has 0 bridgehead atoms. The summed E-state index contributed by atoms with van der Waals surface area (Å²) in [5, 5.41) is 16.9. The molecule has 0 unspecified atom stereocenters. The van der Waals surface area contributed by atoms with Crippen LogP contribution in [0.1, 0.15) is 18.2 Å². The number of alkyl halides is 3. The van der Waals surface area contributed by atoms with E-state index < -0.39 is 24.3 Å². The zero-order chi connectivity index (χ0) is 18.4. The number of rotatable bonds is 6. The number of aromatic hydroxyl groups is 1. The number of ether oxygens (including phenoxy) is 1. The van der Waals surface area contributed by atoms with E-state index in [2.05, 4.69) is 15.6 Å². The van der Waals surface area contributed by atoms with Crippen molar-refractivity contribution in [2.75, 3.05) is 6.61 Å². The van der Waals surface area contributed by atoms with Crippen molar-refractivity contribution >= 4 is 12.1 Å². The van der Waals surface area contributed by atoms with Crippen LogP contribution in [0.4, 0.5) is 13.2 Å². The van der Waals surface area contributed by atoms with Gasteiger partial charge in [-0.3, -0.25) is 9.48 Å². The van der Waals surface area contributed by atoms with E-state index in [9.17, 15) is 23.1 Å². The van der Waals surface area contributed by atoms with E-state index in [1.807, 2.05) is 0 Å². The molecule has 0 spiro atoms. The standard InChI is InChI=1S/C15H15F3N4O3/c1-2-25-11-5-3-4-10(14(11)24)8-19-20-13(23)9-22-7-6-12(21-22)15(16,17)18/h3-8,24H,2,9H2,1H3,(H,20,23)/b19-8+. The maximum absolute atomic E-state index is 12.4. The second-order valence-corrected chi connectivity index (χ2v) is 4.82. The van der Waals surface area contributed by atoms with Crippen LogP contribution in [-0.2, 0) is 17.5 Å². The van der Waals surface area contributed by atoms with Crippen LogP contribution in [0.25, 0.3) is 0 Å². The number of hydrogen-bond donors (Lipinski definition) is 2. The van der Waals surface area contributed by atoms with Crippen molar-refractivity contribution in [1.82, 2.24) is 15.2 Å². The van der Waals surface area contributed by atoms with Crippen LogP contribution in [0.3, 0.4) is 0 Å². The number of nitrogens with one attached hydrogen (secondary N) is 1. The number of para-hydroxylation sites is 1. The first-order valence-electron chi connectivity index (χ1n) is 7.18. The molecule has 7 nitrogen and oxygen atoms in total. The summed E-state index contributed by atoms with van der Waals surface area (Å²) < 4.78 is 43.3. The van der Waals surface area contributed by atoms with Crippen LogP contribution in [0.15, 0.2) is 35.6 Å². The van der Waals surface area contributed by atoms with E-state index in [4.69, 9.17) is 4.74 Å². The Morgan fingerprint density at radius 3 is 2.84 bits per heavy atom. The van der Waals surface area contributed by atoms with Gasteiger partial charge in [0, 0.05) is 11.8 Å². The van der Waals surface area contributed by atoms with Crippen LogP contribution in [-0.4, -0.2) is 33.6 Å². The van der Waals surface area contributed by atoms with E-state index in [1.54, 1.807) is 25.1 Å². The van der Waals surface area contributed by atoms with Gasteiger partial charge in [-0.05, 0) is 25.1 Å². The zero-order valence-electron chi connectivity index (χ0n) is 13.1. The maximum atomic E-state index is 12.4. The molecular formula is C15H15F3N4O3. The van der Waals surface area contributed by atoms with Crippen LogP contribution in [0.5, 0.6) is 11.5 Å². The van der Waals surface area contributed by atoms with Gasteiger partial charge in [-0.2, -0.15) is 23.4 Å². The van der Waals surface area contributed by atoms with Gasteiger partial charge in [-0.25, -0.2) is 5.43 Å². The number of phenolic OH excluding ortho intramolecular Hbond substituents is 1. The highest BCUT2D eigenvalue weighted by molar-refractivity contribution is 5.86. The van der Waals surface area contributed by atoms with Gasteiger partial charge in [-0.1, -0.05) is 6.07 Å². The number of phenols is 1. The second kappa shape index (κ2) is 7.69. The summed E-state index contributed by atoms with van der Waals surface area (Å²) in [5.74, 6) is -0.535. The number of hydrazone groups is 1. The molecule has 1 aromatic carbocycles. The third-order valence-corrected chi connectivity index (χ3v) is 2.96. The molecule has 0 aliphatic rings. The molecule has 1 amide bonds. The van der Waals surface area contributed by atoms with E-state index in [0.29, 0.717) is 12.2 Å². The highest BCUT2D eigenvalue weighted by Crippen LogP contribution is 2.28. The normalized spacial score (nSPS) is 11.7. The smallest absolute Gasteiger partial charge is 0.435 e. The molecule has 2 aromatic rings. The van der Waals surface area contributed by atoms with Crippen molar-refractivity contribution < 1.29 is 27.8 Å². The lowest BCUT2D eigenvalue weighted by atomic mass is 10.2. The average molecular weight is 356 g/mol. The Labute approximate surface area is 140 Å². The van der Waals surface area contributed by atoms with E-state index in [1.165, 1.54) is 6.21 Å². The van der Waals surface area contributed by atoms with Crippen molar-refractivity contribution in [2.24, 2.45) is 5.10 Å². The molecule has 10 heteroatoms. The minimum Gasteiger partial charge on any atom is -0.504 e. The fourth-order valence-electron chi connectivity index (χ4n) is 1.87. The number of hydrogen-bond acceptors (Lipinski definition) is 5. The van der Waals surface area contributed by atoms with Crippen molar-refractivity contribution in [3.63, 3.8) is 0 Å². The fraction of sp³-hybridized carbons (Fsp3) is 0.267. The summed E-state index contributed by atoms with van der Waals surface area (Å²) in [6.45, 7) is 1.70. The summed E-state index contributed by atoms with van der Waals surface area (Å²) in [5.41, 5.74) is 1.37. The Kier molecular flexibility index (Phi) is 5.63. The molecule has 0 saturated heterocycles. The summed E-state index contributed by atoms with van der Waals surface area (Å²) >= 11 is 0. The Hall–Kier alpha value is -3.04. The van der Waals surface area contributed by atoms with E-state index in [0.717, 1.165) is 16.9 Å². The molecular weight excluding hydrogens is 341 g/mol. The minimum absolute atomic E-state index is 0.135. The number of nitrogens with zero attached hydrogens (tertiary/aromatic N) is 3. The third kappa shape index (κ3) is 4.96. The molecule has 1 heterocycles. The average Bonchev–Trinajstić information content (AvgIpc) is 3.00. The lowest BCUT2D eigenvalue weighted by Crippen LogP contribution is -2.23. The molecule has 0 aliphatic carbocycles. The number of carbonyl (C=O) groups excluding carboxylic acids is 1. The van der Waals surface area contributed by atoms with Gasteiger partial charge in [0.15, 0.2) is 17.2 Å². The van der Waals surface area contributed by atoms with Gasteiger partial charge in [-0.15, -0.1) is 0 Å². The fourth-order valence-corrected chi connectivity index (χ4v) is 1.87. The van der Waals surface area contributed by atoms with Crippen LogP contribution in [0.2, 0.25) is 0 Å². The lowest BCUT2D eigenvalue weighted by Gasteiger charge is -2.07. The molecule has 25 heavy (non-hydrogen) atoms. The van der Waals surface area contributed by atoms with Gasteiger partial charge in [0.05, 0.1) is 12.8 Å². The van der Waals surface area contributed by atoms with Gasteiger partial charge < -0.3 is 9.84 Å². The Morgan fingerprint density at radius 2 is 2.20 bits per heavy atom. The van der Waals surface area contributed by atoms with Crippen molar-refractivity contribution in [3.05, 3.63) is 41.7 Å². The molecule has 2 N–H and O–H groups in total. The Balaban J connectivity index is 1.95. The van der Waals surface area contributed by atoms with Gasteiger partial charge in [0.1, 0.15) is 6.54 Å². The SMILES string of the molecule is CCOc1cccc(/C=N/NC(=O)Cn2ccc(C(F)(F)F)n2)c1O. The number of carbonyl (C=O) groups is 1. The predicted octanol–water partition coefficient (Wildman–Crippen LogP) is 2.16. The van der Waals surface area contributed by atoms with Gasteiger partial charge in [0.25, 0.3) is 5.91 Å². The first-order chi connectivity index (χ1) is 11.8. The molecule has 0 atom stereocenters. The summed E-state index contributed by atoms with van der Waals surface area (Å²) in [4.78, 5) is 11.7. The predicted molar refractivity (Wildman–Crippen MR) is 82.2 cm³/mol. The van der Waals surface area contributed by atoms with Crippen molar-refractivity contribution in [2.45, 2.75) is 19.6 Å². The molecule has 1 aromatic heterocycles. The molecule has 0 fully saturated rings. The lowest BCUT2D eigenvalue weighted by molar-refractivity contribution is -0.141.